The molecule has 1 fully saturated rings. The molecule has 1 saturated carbocycles. The molecule has 0 spiro atoms. The fourth-order valence-corrected chi connectivity index (χ4v) is 2.53. The summed E-state index contributed by atoms with van der Waals surface area (Å²) < 4.78 is 45.9. The molecule has 0 radical (unpaired) electrons. The largest absolute Gasteiger partial charge is 0.471 e. The lowest BCUT2D eigenvalue weighted by atomic mass is 10.1. The molecule has 0 unspecified atom stereocenters. The van der Waals surface area contributed by atoms with Gasteiger partial charge < -0.3 is 14.8 Å². The van der Waals surface area contributed by atoms with E-state index in [0.29, 0.717) is 0 Å². The van der Waals surface area contributed by atoms with E-state index in [1.807, 2.05) is 27.7 Å². The first-order chi connectivity index (χ1) is 11.0. The Hall–Kier alpha value is -1.57. The van der Waals surface area contributed by atoms with Crippen molar-refractivity contribution in [1.29, 1.82) is 0 Å². The molecule has 1 aliphatic carbocycles. The number of amides is 1. The van der Waals surface area contributed by atoms with Gasteiger partial charge in [0.1, 0.15) is 6.61 Å². The highest BCUT2D eigenvalue weighted by Gasteiger charge is 2.61. The van der Waals surface area contributed by atoms with E-state index >= 15 is 0 Å². The standard InChI is InChI=1S/C16H24F3NO4/c1-10(2)9-11-12(15(11,3)4)13(21)24-8-7-23-6-5-20-14(22)16(17,18)19/h9,11-12H,5-8H2,1-4H3,(H,20,22)/t11-,12-/m1/s1. The third-order valence-corrected chi connectivity index (χ3v) is 3.94. The van der Waals surface area contributed by atoms with Crippen LogP contribution in [0.3, 0.4) is 0 Å². The van der Waals surface area contributed by atoms with Gasteiger partial charge in [0.25, 0.3) is 0 Å². The minimum Gasteiger partial charge on any atom is -0.463 e. The van der Waals surface area contributed by atoms with E-state index < -0.39 is 12.1 Å². The van der Waals surface area contributed by atoms with E-state index in [4.69, 9.17) is 9.47 Å². The van der Waals surface area contributed by atoms with Gasteiger partial charge in [0, 0.05) is 6.54 Å². The lowest BCUT2D eigenvalue weighted by molar-refractivity contribution is -0.173. The quantitative estimate of drug-likeness (QED) is 0.414. The molecule has 2 atom stereocenters. The van der Waals surface area contributed by atoms with Gasteiger partial charge in [-0.1, -0.05) is 25.5 Å². The van der Waals surface area contributed by atoms with Crippen LogP contribution in [0.15, 0.2) is 11.6 Å². The number of esters is 1. The summed E-state index contributed by atoms with van der Waals surface area (Å²) in [5.74, 6) is -2.32. The third kappa shape index (κ3) is 5.81. The van der Waals surface area contributed by atoms with Crippen LogP contribution in [0.4, 0.5) is 13.2 Å². The van der Waals surface area contributed by atoms with Crippen LogP contribution in [-0.4, -0.2) is 44.4 Å². The van der Waals surface area contributed by atoms with Crippen LogP contribution in [0, 0.1) is 17.3 Å². The van der Waals surface area contributed by atoms with Crippen LogP contribution in [0.5, 0.6) is 0 Å². The number of hydrogen-bond donors (Lipinski definition) is 1. The molecule has 1 rings (SSSR count). The van der Waals surface area contributed by atoms with Crippen LogP contribution in [-0.2, 0) is 19.1 Å². The van der Waals surface area contributed by atoms with Crippen molar-refractivity contribution in [3.05, 3.63) is 11.6 Å². The first kappa shape index (κ1) is 20.5. The van der Waals surface area contributed by atoms with Crippen molar-refractivity contribution < 1.29 is 32.2 Å². The second-order valence-corrected chi connectivity index (χ2v) is 6.60. The van der Waals surface area contributed by atoms with E-state index in [2.05, 4.69) is 6.08 Å². The SMILES string of the molecule is CC(C)=C[C@@H]1[C@H](C(=O)OCCOCCNC(=O)C(F)(F)F)C1(C)C. The Morgan fingerprint density at radius 3 is 2.33 bits per heavy atom. The number of rotatable bonds is 8. The summed E-state index contributed by atoms with van der Waals surface area (Å²) in [4.78, 5) is 22.5. The molecule has 0 aliphatic heterocycles. The first-order valence-electron chi connectivity index (χ1n) is 7.72. The van der Waals surface area contributed by atoms with Gasteiger partial charge in [0.05, 0.1) is 19.1 Å². The van der Waals surface area contributed by atoms with Crippen LogP contribution < -0.4 is 5.32 Å². The van der Waals surface area contributed by atoms with Gasteiger partial charge in [0.2, 0.25) is 0 Å². The second kappa shape index (κ2) is 8.00. The molecule has 0 aromatic heterocycles. The van der Waals surface area contributed by atoms with E-state index in [1.165, 1.54) is 0 Å². The molecule has 0 aromatic rings. The molecule has 1 aliphatic rings. The zero-order valence-corrected chi connectivity index (χ0v) is 14.3. The lowest BCUT2D eigenvalue weighted by Crippen LogP contribution is -2.38. The summed E-state index contributed by atoms with van der Waals surface area (Å²) in [6, 6.07) is 0. The van der Waals surface area contributed by atoms with Gasteiger partial charge in [-0.2, -0.15) is 13.2 Å². The molecule has 24 heavy (non-hydrogen) atoms. The van der Waals surface area contributed by atoms with Crippen molar-refractivity contribution in [2.24, 2.45) is 17.3 Å². The molecular weight excluding hydrogens is 327 g/mol. The molecular formula is C16H24F3NO4. The van der Waals surface area contributed by atoms with Gasteiger partial charge in [-0.25, -0.2) is 0 Å². The van der Waals surface area contributed by atoms with Crippen molar-refractivity contribution in [1.82, 2.24) is 5.32 Å². The number of alkyl halides is 3. The Morgan fingerprint density at radius 2 is 1.79 bits per heavy atom. The molecule has 138 valence electrons. The monoisotopic (exact) mass is 351 g/mol. The maximum atomic E-state index is 12.0. The molecule has 1 amide bonds. The smallest absolute Gasteiger partial charge is 0.463 e. The van der Waals surface area contributed by atoms with Gasteiger partial charge in [0.15, 0.2) is 0 Å². The normalized spacial score (nSPS) is 21.8. The second-order valence-electron chi connectivity index (χ2n) is 6.60. The summed E-state index contributed by atoms with van der Waals surface area (Å²) in [5.41, 5.74) is 1.02. The Morgan fingerprint density at radius 1 is 1.17 bits per heavy atom. The number of carbonyl (C=O) groups excluding carboxylic acids is 2. The Balaban J connectivity index is 2.15. The number of carbonyl (C=O) groups is 2. The molecule has 0 saturated heterocycles. The van der Waals surface area contributed by atoms with Crippen LogP contribution in [0.1, 0.15) is 27.7 Å². The molecule has 0 bridgehead atoms. The molecule has 0 heterocycles. The number of allylic oxidation sites excluding steroid dienone is 2. The maximum absolute atomic E-state index is 12.0. The van der Waals surface area contributed by atoms with Crippen molar-refractivity contribution >= 4 is 11.9 Å². The number of nitrogens with one attached hydrogen (secondary N) is 1. The number of halogens is 3. The van der Waals surface area contributed by atoms with Crippen LogP contribution in [0.2, 0.25) is 0 Å². The summed E-state index contributed by atoms with van der Waals surface area (Å²) in [5, 5.41) is 1.68. The minimum absolute atomic E-state index is 0.0279. The summed E-state index contributed by atoms with van der Waals surface area (Å²) in [7, 11) is 0. The molecule has 8 heteroatoms. The topological polar surface area (TPSA) is 64.6 Å². The zero-order chi connectivity index (χ0) is 18.5. The Kier molecular flexibility index (Phi) is 6.83. The van der Waals surface area contributed by atoms with Gasteiger partial charge in [-0.15, -0.1) is 0 Å². The summed E-state index contributed by atoms with van der Waals surface area (Å²) >= 11 is 0. The average molecular weight is 351 g/mol. The maximum Gasteiger partial charge on any atom is 0.471 e. The first-order valence-corrected chi connectivity index (χ1v) is 7.72. The summed E-state index contributed by atoms with van der Waals surface area (Å²) in [6.07, 6.45) is -2.83. The van der Waals surface area contributed by atoms with Gasteiger partial charge in [-0.3, -0.25) is 9.59 Å². The predicted molar refractivity (Wildman–Crippen MR) is 81.0 cm³/mol. The summed E-state index contributed by atoms with van der Waals surface area (Å²) in [6.45, 7) is 7.70. The van der Waals surface area contributed by atoms with Gasteiger partial charge >= 0.3 is 18.1 Å². The van der Waals surface area contributed by atoms with Crippen LogP contribution >= 0.6 is 0 Å². The highest BCUT2D eigenvalue weighted by atomic mass is 19.4. The minimum atomic E-state index is -4.89. The number of ether oxygens (including phenoxy) is 2. The van der Waals surface area contributed by atoms with Crippen molar-refractivity contribution in [3.63, 3.8) is 0 Å². The Labute approximate surface area is 139 Å². The van der Waals surface area contributed by atoms with Crippen molar-refractivity contribution in [3.8, 4) is 0 Å². The van der Waals surface area contributed by atoms with Crippen LogP contribution in [0.25, 0.3) is 0 Å². The van der Waals surface area contributed by atoms with E-state index in [0.717, 1.165) is 5.57 Å². The highest BCUT2D eigenvalue weighted by Crippen LogP contribution is 2.59. The van der Waals surface area contributed by atoms with E-state index in [-0.39, 0.29) is 49.6 Å². The lowest BCUT2D eigenvalue weighted by Gasteiger charge is -2.09. The van der Waals surface area contributed by atoms with E-state index in [1.54, 1.807) is 5.32 Å². The van der Waals surface area contributed by atoms with Gasteiger partial charge in [-0.05, 0) is 25.2 Å². The van der Waals surface area contributed by atoms with Crippen molar-refractivity contribution in [2.75, 3.05) is 26.4 Å². The molecule has 1 N–H and O–H groups in total. The Bertz CT molecular complexity index is 496. The van der Waals surface area contributed by atoms with Crippen molar-refractivity contribution in [2.45, 2.75) is 33.9 Å². The fourth-order valence-electron chi connectivity index (χ4n) is 2.53. The molecule has 0 aromatic carbocycles. The highest BCUT2D eigenvalue weighted by molar-refractivity contribution is 5.81. The van der Waals surface area contributed by atoms with E-state index in [9.17, 15) is 22.8 Å². The number of hydrogen-bond acceptors (Lipinski definition) is 4. The zero-order valence-electron chi connectivity index (χ0n) is 14.3. The average Bonchev–Trinajstić information content (AvgIpc) is 2.96. The molecule has 5 nitrogen and oxygen atoms in total. The predicted octanol–water partition coefficient (Wildman–Crippen LogP) is 2.46. The fraction of sp³-hybridized carbons (Fsp3) is 0.750. The third-order valence-electron chi connectivity index (χ3n) is 3.94.